The van der Waals surface area contributed by atoms with Crippen molar-refractivity contribution in [2.45, 2.75) is 85.4 Å². The Morgan fingerprint density at radius 3 is 1.76 bits per heavy atom. The highest BCUT2D eigenvalue weighted by Gasteiger charge is 2.34. The predicted octanol–water partition coefficient (Wildman–Crippen LogP) is 4.33. The Kier molecular flexibility index (Phi) is 9.53. The van der Waals surface area contributed by atoms with E-state index in [4.69, 9.17) is 15.7 Å². The number of Topliss-reactive ketones (excluding diaryl/α,β-unsaturated/α-hetero) is 1. The molecule has 2 amide bonds. The number of carbonyl (C=O) groups is 3. The summed E-state index contributed by atoms with van der Waals surface area (Å²) >= 11 is 0. The molecule has 3 atom stereocenters. The lowest BCUT2D eigenvalue weighted by atomic mass is 9.92. The van der Waals surface area contributed by atoms with Gasteiger partial charge in [-0.3, -0.25) is 24.4 Å². The number of fused-ring (bicyclic) bond motifs is 8. The Hall–Kier alpha value is -4.31. The molecule has 5 heterocycles. The maximum absolute atomic E-state index is 14.5. The Balaban J connectivity index is 1.58. The van der Waals surface area contributed by atoms with Crippen molar-refractivity contribution in [3.05, 3.63) is 70.8 Å². The van der Waals surface area contributed by atoms with Crippen molar-refractivity contribution in [3.8, 4) is 0 Å². The number of carbonyl (C=O) groups excluding carboxylic acids is 3. The number of nitrogens with one attached hydrogen (secondary N) is 4. The first-order valence-corrected chi connectivity index (χ1v) is 16.0. The van der Waals surface area contributed by atoms with Gasteiger partial charge in [0.05, 0.1) is 28.9 Å². The van der Waals surface area contributed by atoms with Crippen LogP contribution >= 0.6 is 0 Å². The third-order valence-electron chi connectivity index (χ3n) is 8.55. The van der Waals surface area contributed by atoms with E-state index in [1.54, 1.807) is 0 Å². The summed E-state index contributed by atoms with van der Waals surface area (Å²) in [6, 6.07) is 11.6. The average Bonchev–Trinajstić information content (AvgIpc) is 3.80. The Bertz CT molecular complexity index is 1750. The van der Waals surface area contributed by atoms with Crippen molar-refractivity contribution in [1.82, 2.24) is 30.6 Å². The second kappa shape index (κ2) is 13.4. The van der Waals surface area contributed by atoms with E-state index in [1.165, 1.54) is 0 Å². The van der Waals surface area contributed by atoms with E-state index >= 15 is 0 Å². The smallest absolute Gasteiger partial charge is 0.243 e. The number of hydrogen-bond donors (Lipinski definition) is 5. The van der Waals surface area contributed by atoms with Crippen LogP contribution in [0.4, 0.5) is 0 Å². The Morgan fingerprint density at radius 2 is 1.18 bits per heavy atom. The van der Waals surface area contributed by atoms with Gasteiger partial charge in [-0.2, -0.15) is 0 Å². The standard InChI is InChI=1S/C35H45N7O3/c1-18(2)30(36)34(44)42-32(20(5)6)35(45)41-31(19(3)4)33(43)29-27-13-11-25(39-27)16-23-9-7-21(37-23)15-22-8-10-24(38-22)17-26-12-14-28(29)40-26/h7,9,12,14-20,30-32,37,40H,8,10-11,13,36H2,1-6H3,(H,41,45)(H,42,44)/t30-,31-,32-/m0/s1. The Labute approximate surface area is 264 Å². The SMILES string of the molecule is CC(C)[C@H](N)C(=O)N[C@H](C(=O)N[C@H](C(=O)c1c2nc(cc3ccc(cc4nc(cc5ccc1[nH]5)CC4)[nH]3)CC2)C(C)C)C(C)C. The molecule has 0 spiro atoms. The number of nitrogens with zero attached hydrogens (tertiary/aromatic N) is 2. The van der Waals surface area contributed by atoms with E-state index in [0.717, 1.165) is 46.5 Å². The highest BCUT2D eigenvalue weighted by Crippen LogP contribution is 2.24. The molecule has 3 aromatic heterocycles. The molecule has 0 aliphatic carbocycles. The van der Waals surface area contributed by atoms with Crippen molar-refractivity contribution < 1.29 is 14.4 Å². The number of hydrogen-bond acceptors (Lipinski definition) is 6. The summed E-state index contributed by atoms with van der Waals surface area (Å²) in [6.45, 7) is 11.2. The van der Waals surface area contributed by atoms with E-state index in [9.17, 15) is 14.4 Å². The number of rotatable bonds is 9. The number of aryl methyl sites for hydroxylation is 4. The highest BCUT2D eigenvalue weighted by atomic mass is 16.2. The molecule has 238 valence electrons. The summed E-state index contributed by atoms with van der Waals surface area (Å²) in [5, 5.41) is 5.80. The molecule has 0 unspecified atom stereocenters. The number of aromatic amines is 2. The number of aromatic nitrogens is 4. The van der Waals surface area contributed by atoms with E-state index in [0.29, 0.717) is 29.6 Å². The number of nitrogens with two attached hydrogens (primary N) is 1. The number of H-pyrrole nitrogens is 2. The molecule has 0 aromatic carbocycles. The molecule has 5 rings (SSSR count). The van der Waals surface area contributed by atoms with Crippen LogP contribution in [-0.2, 0) is 35.3 Å². The zero-order valence-electron chi connectivity index (χ0n) is 27.0. The first-order valence-electron chi connectivity index (χ1n) is 16.0. The van der Waals surface area contributed by atoms with Crippen molar-refractivity contribution in [2.75, 3.05) is 0 Å². The van der Waals surface area contributed by atoms with Crippen LogP contribution < -0.4 is 16.4 Å². The van der Waals surface area contributed by atoms with Crippen LogP contribution in [0.25, 0.3) is 22.1 Å². The monoisotopic (exact) mass is 611 g/mol. The molecule has 10 heteroatoms. The molecule has 0 fully saturated rings. The molecule has 2 aliphatic rings. The van der Waals surface area contributed by atoms with Crippen LogP contribution in [0.15, 0.2) is 42.5 Å². The first kappa shape index (κ1) is 32.1. The molecule has 3 aromatic rings. The number of ketones is 1. The molecule has 6 N–H and O–H groups in total. The fourth-order valence-electron chi connectivity index (χ4n) is 5.81. The van der Waals surface area contributed by atoms with E-state index in [1.807, 2.05) is 77.9 Å². The van der Waals surface area contributed by atoms with Gasteiger partial charge in [-0.15, -0.1) is 0 Å². The van der Waals surface area contributed by atoms with Gasteiger partial charge in [0.25, 0.3) is 0 Å². The minimum Gasteiger partial charge on any atom is -0.355 e. The molecule has 10 nitrogen and oxygen atoms in total. The Morgan fingerprint density at radius 1 is 0.667 bits per heavy atom. The lowest BCUT2D eigenvalue weighted by Gasteiger charge is -2.28. The summed E-state index contributed by atoms with van der Waals surface area (Å²) in [5.74, 6) is -1.58. The maximum atomic E-state index is 14.5. The lowest BCUT2D eigenvalue weighted by molar-refractivity contribution is -0.131. The predicted molar refractivity (Wildman–Crippen MR) is 176 cm³/mol. The van der Waals surface area contributed by atoms with Gasteiger partial charge in [-0.1, -0.05) is 41.5 Å². The van der Waals surface area contributed by atoms with Gasteiger partial charge in [0, 0.05) is 33.6 Å². The van der Waals surface area contributed by atoms with Crippen LogP contribution in [-0.4, -0.2) is 55.7 Å². The topological polar surface area (TPSA) is 159 Å². The van der Waals surface area contributed by atoms with Crippen LogP contribution in [0, 0.1) is 17.8 Å². The molecular weight excluding hydrogens is 566 g/mol. The quantitative estimate of drug-likeness (QED) is 0.227. The fourth-order valence-corrected chi connectivity index (χ4v) is 5.81. The minimum absolute atomic E-state index is 0.0850. The van der Waals surface area contributed by atoms with Gasteiger partial charge in [0.2, 0.25) is 11.8 Å². The third kappa shape index (κ3) is 7.33. The number of amides is 2. The van der Waals surface area contributed by atoms with Gasteiger partial charge >= 0.3 is 0 Å². The van der Waals surface area contributed by atoms with Gasteiger partial charge in [-0.05, 0) is 85.9 Å². The summed E-state index contributed by atoms with van der Waals surface area (Å²) in [7, 11) is 0. The summed E-state index contributed by atoms with van der Waals surface area (Å²) in [4.78, 5) is 57.6. The first-order chi connectivity index (χ1) is 21.4. The second-order valence-corrected chi connectivity index (χ2v) is 13.2. The van der Waals surface area contributed by atoms with Crippen LogP contribution in [0.1, 0.15) is 74.7 Å². The van der Waals surface area contributed by atoms with Crippen molar-refractivity contribution in [1.29, 1.82) is 0 Å². The van der Waals surface area contributed by atoms with Gasteiger partial charge in [-0.25, -0.2) is 0 Å². The summed E-state index contributed by atoms with van der Waals surface area (Å²) in [6.07, 6.45) is 2.96. The van der Waals surface area contributed by atoms with Crippen molar-refractivity contribution >= 4 is 39.7 Å². The fraction of sp³-hybridized carbons (Fsp3) is 0.457. The normalized spacial score (nSPS) is 15.2. The summed E-state index contributed by atoms with van der Waals surface area (Å²) in [5.41, 5.74) is 13.5. The van der Waals surface area contributed by atoms with E-state index < -0.39 is 29.9 Å². The molecule has 2 aliphatic heterocycles. The van der Waals surface area contributed by atoms with Crippen LogP contribution in [0.5, 0.6) is 0 Å². The van der Waals surface area contributed by atoms with E-state index in [2.05, 4.69) is 26.7 Å². The van der Waals surface area contributed by atoms with Gasteiger partial charge < -0.3 is 26.3 Å². The third-order valence-corrected chi connectivity index (χ3v) is 8.55. The molecular formula is C35H45N7O3. The van der Waals surface area contributed by atoms with Crippen LogP contribution in [0.2, 0.25) is 0 Å². The van der Waals surface area contributed by atoms with Crippen molar-refractivity contribution in [2.24, 2.45) is 23.5 Å². The largest absolute Gasteiger partial charge is 0.355 e. The zero-order valence-corrected chi connectivity index (χ0v) is 27.0. The van der Waals surface area contributed by atoms with Crippen LogP contribution in [0.3, 0.4) is 0 Å². The second-order valence-electron chi connectivity index (χ2n) is 13.2. The molecule has 0 saturated heterocycles. The van der Waals surface area contributed by atoms with Gasteiger partial charge in [0.1, 0.15) is 6.04 Å². The molecule has 0 saturated carbocycles. The summed E-state index contributed by atoms with van der Waals surface area (Å²) < 4.78 is 0. The highest BCUT2D eigenvalue weighted by molar-refractivity contribution is 6.08. The van der Waals surface area contributed by atoms with Crippen molar-refractivity contribution in [3.63, 3.8) is 0 Å². The van der Waals surface area contributed by atoms with E-state index in [-0.39, 0.29) is 23.5 Å². The van der Waals surface area contributed by atoms with Gasteiger partial charge in [0.15, 0.2) is 5.78 Å². The lowest BCUT2D eigenvalue weighted by Crippen LogP contribution is -2.57. The molecule has 8 bridgehead atoms. The zero-order chi connectivity index (χ0) is 32.4. The minimum atomic E-state index is -0.848. The maximum Gasteiger partial charge on any atom is 0.243 e. The average molecular weight is 612 g/mol. The molecule has 45 heavy (non-hydrogen) atoms. The molecule has 0 radical (unpaired) electrons.